The fourth-order valence-electron chi connectivity index (χ4n) is 3.51. The van der Waals surface area contributed by atoms with Crippen LogP contribution < -0.4 is 19.5 Å². The number of benzene rings is 2. The Labute approximate surface area is 183 Å². The molecule has 2 N–H and O–H groups in total. The van der Waals surface area contributed by atoms with E-state index in [1.54, 1.807) is 0 Å². The van der Waals surface area contributed by atoms with Crippen molar-refractivity contribution in [3.05, 3.63) is 53.7 Å². The van der Waals surface area contributed by atoms with E-state index >= 15 is 0 Å². The van der Waals surface area contributed by atoms with E-state index in [1.165, 1.54) is 44.8 Å². The van der Waals surface area contributed by atoms with E-state index in [9.17, 15) is 31.1 Å². The lowest BCUT2D eigenvalue weighted by Crippen LogP contribution is -2.64. The van der Waals surface area contributed by atoms with E-state index in [1.807, 2.05) is 0 Å². The Balaban J connectivity index is 2.23. The first kappa shape index (κ1) is 24.1. The maximum Gasteiger partial charge on any atom is 0.424 e. The normalized spacial score (nSPS) is 12.5. The molecule has 0 aliphatic heterocycles. The molecule has 0 radical (unpaired) electrons. The molecule has 178 valence electrons. The lowest BCUT2D eigenvalue weighted by molar-refractivity contribution is -0.309. The molecule has 3 aromatic rings. The zero-order valence-electron chi connectivity index (χ0n) is 17.4. The minimum atomic E-state index is -5.95. The minimum Gasteiger partial charge on any atom is -0.493 e. The Bertz CT molecular complexity index is 1130. The number of fused-ring (bicyclic) bond motifs is 1. The monoisotopic (exact) mass is 476 g/mol. The average Bonchev–Trinajstić information content (AvgIpc) is 3.18. The van der Waals surface area contributed by atoms with Gasteiger partial charge in [0.15, 0.2) is 11.5 Å². The van der Waals surface area contributed by atoms with Crippen molar-refractivity contribution in [1.82, 2.24) is 10.3 Å². The molecule has 1 aromatic heterocycles. The maximum absolute atomic E-state index is 14.2. The van der Waals surface area contributed by atoms with Crippen LogP contribution >= 0.6 is 0 Å². The highest BCUT2D eigenvalue weighted by Gasteiger charge is 2.73. The molecule has 0 bridgehead atoms. The first-order chi connectivity index (χ1) is 15.4. The van der Waals surface area contributed by atoms with Crippen molar-refractivity contribution in [3.63, 3.8) is 0 Å². The molecule has 0 spiro atoms. The number of H-pyrrole nitrogens is 1. The van der Waals surface area contributed by atoms with Gasteiger partial charge >= 0.3 is 12.4 Å². The van der Waals surface area contributed by atoms with Crippen LogP contribution in [0.5, 0.6) is 17.2 Å². The molecule has 0 atom stereocenters. The molecule has 12 heteroatoms. The molecular weight excluding hydrogens is 458 g/mol. The highest BCUT2D eigenvalue weighted by molar-refractivity contribution is 5.97. The number of ether oxygens (including phenoxy) is 3. The Hall–Kier alpha value is -3.57. The lowest BCUT2D eigenvalue weighted by atomic mass is 9.87. The Morgan fingerprint density at radius 3 is 1.91 bits per heavy atom. The number of hydrogen-bond acceptors (Lipinski definition) is 4. The number of para-hydroxylation sites is 1. The predicted molar refractivity (Wildman–Crippen MR) is 106 cm³/mol. The van der Waals surface area contributed by atoms with Crippen LogP contribution in [0.1, 0.15) is 15.9 Å². The SMILES string of the molecule is COc1cc(C(=O)NC(c2c[nH]c3ccccc23)(C(F)(F)F)C(F)(F)F)cc(OC)c1OC. The van der Waals surface area contributed by atoms with Crippen LogP contribution in [0, 0.1) is 0 Å². The van der Waals surface area contributed by atoms with Crippen LogP contribution in [0.2, 0.25) is 0 Å². The van der Waals surface area contributed by atoms with Crippen molar-refractivity contribution in [2.24, 2.45) is 0 Å². The number of carbonyl (C=O) groups is 1. The summed E-state index contributed by atoms with van der Waals surface area (Å²) in [6.07, 6.45) is -11.3. The summed E-state index contributed by atoms with van der Waals surface area (Å²) in [7, 11) is 3.61. The summed E-state index contributed by atoms with van der Waals surface area (Å²) in [4.78, 5) is 15.2. The molecule has 0 saturated heterocycles. The third-order valence-electron chi connectivity index (χ3n) is 5.07. The van der Waals surface area contributed by atoms with E-state index in [0.717, 1.165) is 18.2 Å². The number of alkyl halides is 6. The minimum absolute atomic E-state index is 0.00563. The molecule has 0 aliphatic carbocycles. The Morgan fingerprint density at radius 1 is 0.879 bits per heavy atom. The molecule has 3 rings (SSSR count). The van der Waals surface area contributed by atoms with Gasteiger partial charge in [-0.15, -0.1) is 0 Å². The standard InChI is InChI=1S/C21H18F6N2O4/c1-31-15-8-11(9-16(32-2)17(15)33-3)18(30)29-19(20(22,23)24,21(25,26)27)13-10-28-14-7-5-4-6-12(13)14/h4-10,28H,1-3H3,(H,29,30). The van der Waals surface area contributed by atoms with Crippen molar-refractivity contribution in [2.75, 3.05) is 21.3 Å². The second-order valence-corrected chi connectivity index (χ2v) is 6.86. The number of carbonyl (C=O) groups excluding carboxylic acids is 1. The van der Waals surface area contributed by atoms with Gasteiger partial charge in [0.05, 0.1) is 21.3 Å². The number of aromatic nitrogens is 1. The second-order valence-electron chi connectivity index (χ2n) is 6.86. The number of amides is 1. The van der Waals surface area contributed by atoms with Crippen LogP contribution in [-0.2, 0) is 5.54 Å². The Kier molecular flexibility index (Phi) is 6.14. The summed E-state index contributed by atoms with van der Waals surface area (Å²) in [5, 5.41) is 0.851. The molecule has 0 aliphatic rings. The summed E-state index contributed by atoms with van der Waals surface area (Å²) < 4.78 is 101. The molecule has 0 unspecified atom stereocenters. The van der Waals surface area contributed by atoms with Crippen molar-refractivity contribution in [2.45, 2.75) is 17.9 Å². The highest BCUT2D eigenvalue weighted by Crippen LogP contribution is 2.52. The van der Waals surface area contributed by atoms with Gasteiger partial charge in [0.1, 0.15) is 0 Å². The van der Waals surface area contributed by atoms with E-state index in [2.05, 4.69) is 4.98 Å². The van der Waals surface area contributed by atoms with Crippen LogP contribution in [0.3, 0.4) is 0 Å². The smallest absolute Gasteiger partial charge is 0.424 e. The lowest BCUT2D eigenvalue weighted by Gasteiger charge is -2.38. The summed E-state index contributed by atoms with van der Waals surface area (Å²) in [5.41, 5.74) is -6.44. The highest BCUT2D eigenvalue weighted by atomic mass is 19.4. The molecule has 2 aromatic carbocycles. The van der Waals surface area contributed by atoms with Gasteiger partial charge in [0.2, 0.25) is 5.75 Å². The Morgan fingerprint density at radius 2 is 1.42 bits per heavy atom. The third kappa shape index (κ3) is 3.89. The van der Waals surface area contributed by atoms with Gasteiger partial charge in [-0.3, -0.25) is 4.79 Å². The van der Waals surface area contributed by atoms with Crippen molar-refractivity contribution in [3.8, 4) is 17.2 Å². The van der Waals surface area contributed by atoms with Gasteiger partial charge in [0, 0.05) is 28.2 Å². The topological polar surface area (TPSA) is 72.6 Å². The maximum atomic E-state index is 14.2. The number of rotatable bonds is 6. The number of hydrogen-bond donors (Lipinski definition) is 2. The molecular formula is C21H18F6N2O4. The zero-order chi connectivity index (χ0) is 24.6. The van der Waals surface area contributed by atoms with Crippen molar-refractivity contribution in [1.29, 1.82) is 0 Å². The zero-order valence-corrected chi connectivity index (χ0v) is 17.4. The van der Waals surface area contributed by atoms with Crippen molar-refractivity contribution < 1.29 is 45.3 Å². The first-order valence-corrected chi connectivity index (χ1v) is 9.23. The fraction of sp³-hybridized carbons (Fsp3) is 0.286. The number of halogens is 6. The largest absolute Gasteiger partial charge is 0.493 e. The molecule has 0 saturated carbocycles. The third-order valence-corrected chi connectivity index (χ3v) is 5.07. The van der Waals surface area contributed by atoms with Gasteiger partial charge in [-0.05, 0) is 18.2 Å². The van der Waals surface area contributed by atoms with Crippen LogP contribution in [0.4, 0.5) is 26.3 Å². The van der Waals surface area contributed by atoms with Gasteiger partial charge in [-0.25, -0.2) is 0 Å². The average molecular weight is 476 g/mol. The predicted octanol–water partition coefficient (Wildman–Crippen LogP) is 4.94. The van der Waals surface area contributed by atoms with Crippen LogP contribution in [-0.4, -0.2) is 44.6 Å². The molecule has 1 amide bonds. The fourth-order valence-corrected chi connectivity index (χ4v) is 3.51. The summed E-state index contributed by atoms with van der Waals surface area (Å²) in [6, 6.07) is 7.04. The molecule has 0 fully saturated rings. The summed E-state index contributed by atoms with van der Waals surface area (Å²) in [6.45, 7) is 0. The van der Waals surface area contributed by atoms with E-state index in [-0.39, 0.29) is 28.2 Å². The first-order valence-electron chi connectivity index (χ1n) is 9.23. The van der Waals surface area contributed by atoms with Crippen LogP contribution in [0.25, 0.3) is 10.9 Å². The quantitative estimate of drug-likeness (QED) is 0.495. The van der Waals surface area contributed by atoms with Gasteiger partial charge in [0.25, 0.3) is 11.4 Å². The van der Waals surface area contributed by atoms with E-state index in [0.29, 0.717) is 6.20 Å². The number of aromatic amines is 1. The number of nitrogens with one attached hydrogen (secondary N) is 2. The van der Waals surface area contributed by atoms with Gasteiger partial charge < -0.3 is 24.5 Å². The van der Waals surface area contributed by atoms with Crippen LogP contribution in [0.15, 0.2) is 42.6 Å². The molecule has 1 heterocycles. The van der Waals surface area contributed by atoms with E-state index < -0.39 is 34.9 Å². The molecule has 6 nitrogen and oxygen atoms in total. The second kappa shape index (κ2) is 8.41. The van der Waals surface area contributed by atoms with Crippen molar-refractivity contribution >= 4 is 16.8 Å². The summed E-state index contributed by atoms with van der Waals surface area (Å²) >= 11 is 0. The summed E-state index contributed by atoms with van der Waals surface area (Å²) in [5.74, 6) is -1.90. The van der Waals surface area contributed by atoms with Gasteiger partial charge in [-0.1, -0.05) is 18.2 Å². The van der Waals surface area contributed by atoms with Gasteiger partial charge in [-0.2, -0.15) is 26.3 Å². The molecule has 33 heavy (non-hydrogen) atoms. The van der Waals surface area contributed by atoms with E-state index in [4.69, 9.17) is 14.2 Å². The number of methoxy groups -OCH3 is 3.